The largest absolute Gasteiger partial charge is 0.348 e. The number of nitrogens with one attached hydrogen (secondary N) is 1. The minimum absolute atomic E-state index is 0.113. The van der Waals surface area contributed by atoms with Gasteiger partial charge in [-0.25, -0.2) is 0 Å². The second-order valence-electron chi connectivity index (χ2n) is 7.40. The summed E-state index contributed by atoms with van der Waals surface area (Å²) in [5.74, 6) is -0.113. The van der Waals surface area contributed by atoms with Gasteiger partial charge in [-0.2, -0.15) is 5.10 Å². The number of rotatable bonds is 4. The first-order valence-corrected chi connectivity index (χ1v) is 8.68. The SMILES string of the molecule is Cc1cc(-c2ccncc2)ccc1CNC(=O)c1cnn(C(C)(C)C)c1. The third-order valence-electron chi connectivity index (χ3n) is 4.33. The van der Waals surface area contributed by atoms with Crippen molar-refractivity contribution in [1.82, 2.24) is 20.1 Å². The maximum absolute atomic E-state index is 12.4. The number of carbonyl (C=O) groups excluding carboxylic acids is 1. The lowest BCUT2D eigenvalue weighted by Crippen LogP contribution is -2.24. The van der Waals surface area contributed by atoms with Gasteiger partial charge in [0.15, 0.2) is 0 Å². The number of hydrogen-bond donors (Lipinski definition) is 1. The van der Waals surface area contributed by atoms with Crippen LogP contribution in [0, 0.1) is 6.92 Å². The smallest absolute Gasteiger partial charge is 0.254 e. The van der Waals surface area contributed by atoms with Crippen molar-refractivity contribution in [2.45, 2.75) is 39.8 Å². The summed E-state index contributed by atoms with van der Waals surface area (Å²) in [6.07, 6.45) is 6.97. The minimum Gasteiger partial charge on any atom is -0.348 e. The van der Waals surface area contributed by atoms with Crippen molar-refractivity contribution in [2.75, 3.05) is 0 Å². The molecule has 0 radical (unpaired) electrons. The quantitative estimate of drug-likeness (QED) is 0.777. The van der Waals surface area contributed by atoms with E-state index in [1.807, 2.05) is 12.1 Å². The van der Waals surface area contributed by atoms with Crippen LogP contribution in [0.1, 0.15) is 42.3 Å². The Hall–Kier alpha value is -2.95. The average molecular weight is 348 g/mol. The van der Waals surface area contributed by atoms with Crippen LogP contribution in [0.4, 0.5) is 0 Å². The number of aromatic nitrogens is 3. The van der Waals surface area contributed by atoms with Gasteiger partial charge >= 0.3 is 0 Å². The Bertz CT molecular complexity index is 907. The van der Waals surface area contributed by atoms with Gasteiger partial charge in [-0.1, -0.05) is 18.2 Å². The normalized spacial score (nSPS) is 11.4. The predicted molar refractivity (Wildman–Crippen MR) is 103 cm³/mol. The number of carbonyl (C=O) groups is 1. The van der Waals surface area contributed by atoms with Crippen LogP contribution in [-0.2, 0) is 12.1 Å². The van der Waals surface area contributed by atoms with Crippen molar-refractivity contribution in [2.24, 2.45) is 0 Å². The summed E-state index contributed by atoms with van der Waals surface area (Å²) in [5, 5.41) is 7.25. The molecule has 2 heterocycles. The molecule has 1 amide bonds. The molecule has 0 spiro atoms. The van der Waals surface area contributed by atoms with E-state index in [0.717, 1.165) is 22.3 Å². The highest BCUT2D eigenvalue weighted by Gasteiger charge is 2.16. The van der Waals surface area contributed by atoms with Crippen molar-refractivity contribution in [3.05, 3.63) is 71.8 Å². The molecule has 0 saturated heterocycles. The summed E-state index contributed by atoms with van der Waals surface area (Å²) in [4.78, 5) is 16.4. The maximum atomic E-state index is 12.4. The van der Waals surface area contributed by atoms with Crippen molar-refractivity contribution in [1.29, 1.82) is 0 Å². The van der Waals surface area contributed by atoms with Gasteiger partial charge in [0.1, 0.15) is 0 Å². The number of nitrogens with zero attached hydrogens (tertiary/aromatic N) is 3. The molecule has 26 heavy (non-hydrogen) atoms. The fourth-order valence-corrected chi connectivity index (χ4v) is 2.70. The Morgan fingerprint density at radius 2 is 1.85 bits per heavy atom. The zero-order valence-corrected chi connectivity index (χ0v) is 15.7. The number of aryl methyl sites for hydroxylation is 1. The van der Waals surface area contributed by atoms with Crippen LogP contribution >= 0.6 is 0 Å². The zero-order chi connectivity index (χ0) is 18.7. The summed E-state index contributed by atoms with van der Waals surface area (Å²) in [6, 6.07) is 10.2. The first-order chi connectivity index (χ1) is 12.3. The van der Waals surface area contributed by atoms with Gasteiger partial charge in [0.05, 0.1) is 17.3 Å². The second-order valence-corrected chi connectivity index (χ2v) is 7.40. The van der Waals surface area contributed by atoms with Gasteiger partial charge in [0.25, 0.3) is 5.91 Å². The van der Waals surface area contributed by atoms with Crippen molar-refractivity contribution >= 4 is 5.91 Å². The summed E-state index contributed by atoms with van der Waals surface area (Å²) in [6.45, 7) is 8.70. The third kappa shape index (κ3) is 3.99. The van der Waals surface area contributed by atoms with E-state index in [-0.39, 0.29) is 11.4 Å². The molecule has 3 aromatic rings. The topological polar surface area (TPSA) is 59.8 Å². The maximum Gasteiger partial charge on any atom is 0.254 e. The molecule has 5 nitrogen and oxygen atoms in total. The van der Waals surface area contributed by atoms with E-state index in [2.05, 4.69) is 61.3 Å². The van der Waals surface area contributed by atoms with Crippen LogP contribution < -0.4 is 5.32 Å². The third-order valence-corrected chi connectivity index (χ3v) is 4.33. The average Bonchev–Trinajstić information content (AvgIpc) is 3.12. The van der Waals surface area contributed by atoms with E-state index < -0.39 is 0 Å². The van der Waals surface area contributed by atoms with Crippen LogP contribution in [0.2, 0.25) is 0 Å². The molecule has 3 rings (SSSR count). The van der Waals surface area contributed by atoms with Crippen LogP contribution in [0.5, 0.6) is 0 Å². The molecule has 1 aromatic carbocycles. The summed E-state index contributed by atoms with van der Waals surface area (Å²) < 4.78 is 1.80. The lowest BCUT2D eigenvalue weighted by Gasteiger charge is -2.18. The summed E-state index contributed by atoms with van der Waals surface area (Å²) in [7, 11) is 0. The van der Waals surface area contributed by atoms with Gasteiger partial charge in [-0.15, -0.1) is 0 Å². The molecule has 0 aliphatic carbocycles. The molecule has 0 fully saturated rings. The summed E-state index contributed by atoms with van der Waals surface area (Å²) in [5.41, 5.74) is 4.95. The highest BCUT2D eigenvalue weighted by atomic mass is 16.1. The molecule has 134 valence electrons. The Balaban J connectivity index is 1.68. The molecule has 0 bridgehead atoms. The summed E-state index contributed by atoms with van der Waals surface area (Å²) >= 11 is 0. The first kappa shape index (κ1) is 17.9. The fraction of sp³-hybridized carbons (Fsp3) is 0.286. The van der Waals surface area contributed by atoms with Crippen molar-refractivity contribution in [3.8, 4) is 11.1 Å². The van der Waals surface area contributed by atoms with Crippen LogP contribution in [-0.4, -0.2) is 20.7 Å². The molecule has 0 aliphatic heterocycles. The van der Waals surface area contributed by atoms with Gasteiger partial charge in [0.2, 0.25) is 0 Å². The molecule has 5 heteroatoms. The van der Waals surface area contributed by atoms with Crippen molar-refractivity contribution < 1.29 is 4.79 Å². The Morgan fingerprint density at radius 1 is 1.12 bits per heavy atom. The molecular weight excluding hydrogens is 324 g/mol. The Kier molecular flexibility index (Phi) is 4.89. The number of benzene rings is 1. The van der Waals surface area contributed by atoms with Gasteiger partial charge < -0.3 is 5.32 Å². The lowest BCUT2D eigenvalue weighted by atomic mass is 10.0. The standard InChI is InChI=1S/C21H24N4O/c1-15-11-17(16-7-9-22-10-8-16)5-6-18(15)12-23-20(26)19-13-24-25(14-19)21(2,3)4/h5-11,13-14H,12H2,1-4H3,(H,23,26). The number of pyridine rings is 1. The van der Waals surface area contributed by atoms with Gasteiger partial charge in [-0.3, -0.25) is 14.5 Å². The minimum atomic E-state index is -0.141. The Labute approximate surface area is 154 Å². The molecule has 0 aliphatic rings. The monoisotopic (exact) mass is 348 g/mol. The van der Waals surface area contributed by atoms with E-state index in [4.69, 9.17) is 0 Å². The first-order valence-electron chi connectivity index (χ1n) is 8.68. The number of amides is 1. The van der Waals surface area contributed by atoms with E-state index in [0.29, 0.717) is 12.1 Å². The number of hydrogen-bond acceptors (Lipinski definition) is 3. The molecular formula is C21H24N4O. The molecule has 1 N–H and O–H groups in total. The molecule has 0 saturated carbocycles. The van der Waals surface area contributed by atoms with Crippen LogP contribution in [0.15, 0.2) is 55.1 Å². The van der Waals surface area contributed by atoms with Crippen molar-refractivity contribution in [3.63, 3.8) is 0 Å². The zero-order valence-electron chi connectivity index (χ0n) is 15.7. The Morgan fingerprint density at radius 3 is 2.46 bits per heavy atom. The van der Waals surface area contributed by atoms with E-state index >= 15 is 0 Å². The second kappa shape index (κ2) is 7.12. The fourth-order valence-electron chi connectivity index (χ4n) is 2.70. The van der Waals surface area contributed by atoms with Gasteiger partial charge in [0, 0.05) is 25.1 Å². The molecule has 0 unspecified atom stereocenters. The van der Waals surface area contributed by atoms with Crippen LogP contribution in [0.3, 0.4) is 0 Å². The predicted octanol–water partition coefficient (Wildman–Crippen LogP) is 3.94. The van der Waals surface area contributed by atoms with Gasteiger partial charge in [-0.05, 0) is 62.1 Å². The molecule has 2 aromatic heterocycles. The van der Waals surface area contributed by atoms with E-state index in [9.17, 15) is 4.79 Å². The van der Waals surface area contributed by atoms with E-state index in [1.54, 1.807) is 29.5 Å². The van der Waals surface area contributed by atoms with E-state index in [1.165, 1.54) is 0 Å². The molecule has 0 atom stereocenters. The van der Waals surface area contributed by atoms with Crippen LogP contribution in [0.25, 0.3) is 11.1 Å². The highest BCUT2D eigenvalue weighted by molar-refractivity contribution is 5.93. The highest BCUT2D eigenvalue weighted by Crippen LogP contribution is 2.21. The lowest BCUT2D eigenvalue weighted by molar-refractivity contribution is 0.0950.